The van der Waals surface area contributed by atoms with Crippen molar-refractivity contribution in [3.05, 3.63) is 6.33 Å². The summed E-state index contributed by atoms with van der Waals surface area (Å²) in [5, 5.41) is 6.44. The Bertz CT molecular complexity index is 539. The van der Waals surface area contributed by atoms with Crippen LogP contribution in [0.15, 0.2) is 6.33 Å². The molecular formula is C13H22N6O. The molecule has 0 amide bonds. The number of anilines is 2. The zero-order chi connectivity index (χ0) is 14.4. The van der Waals surface area contributed by atoms with Crippen LogP contribution >= 0.6 is 0 Å². The predicted octanol–water partition coefficient (Wildman–Crippen LogP) is 2.01. The molecule has 7 heteroatoms. The van der Waals surface area contributed by atoms with Crippen molar-refractivity contribution in [3.63, 3.8) is 0 Å². The van der Waals surface area contributed by atoms with E-state index in [9.17, 15) is 0 Å². The number of imidazole rings is 1. The Hall–Kier alpha value is -1.89. The summed E-state index contributed by atoms with van der Waals surface area (Å²) in [6, 6.07) is 0. The zero-order valence-electron chi connectivity index (χ0n) is 12.2. The van der Waals surface area contributed by atoms with Crippen molar-refractivity contribution in [2.75, 3.05) is 30.3 Å². The average Bonchev–Trinajstić information content (AvgIpc) is 2.89. The second kappa shape index (κ2) is 7.04. The number of hydrogen-bond donors (Lipinski definition) is 3. The molecule has 0 aliphatic rings. The van der Waals surface area contributed by atoms with Gasteiger partial charge in [-0.1, -0.05) is 6.92 Å². The van der Waals surface area contributed by atoms with Crippen LogP contribution in [0.1, 0.15) is 27.2 Å². The molecule has 0 saturated carbocycles. The molecule has 0 saturated heterocycles. The molecule has 7 nitrogen and oxygen atoms in total. The third-order valence-corrected chi connectivity index (χ3v) is 2.66. The van der Waals surface area contributed by atoms with E-state index < -0.39 is 0 Å². The SMILES string of the molecule is CCCNc1nc(NCCOC(C)C)c2[nH]cnc2n1. The highest BCUT2D eigenvalue weighted by Crippen LogP contribution is 2.18. The third-order valence-electron chi connectivity index (χ3n) is 2.66. The fraction of sp³-hybridized carbons (Fsp3) is 0.615. The quantitative estimate of drug-likeness (QED) is 0.640. The summed E-state index contributed by atoms with van der Waals surface area (Å²) in [5.74, 6) is 1.34. The van der Waals surface area contributed by atoms with E-state index in [1.165, 1.54) is 0 Å². The highest BCUT2D eigenvalue weighted by molar-refractivity contribution is 5.83. The highest BCUT2D eigenvalue weighted by Gasteiger charge is 2.09. The van der Waals surface area contributed by atoms with Crippen LogP contribution in [-0.2, 0) is 4.74 Å². The third kappa shape index (κ3) is 3.80. The van der Waals surface area contributed by atoms with E-state index in [4.69, 9.17) is 4.74 Å². The number of fused-ring (bicyclic) bond motifs is 1. The van der Waals surface area contributed by atoms with Crippen molar-refractivity contribution in [1.29, 1.82) is 0 Å². The van der Waals surface area contributed by atoms with Gasteiger partial charge in [-0.3, -0.25) is 0 Å². The number of aromatic nitrogens is 4. The van der Waals surface area contributed by atoms with Gasteiger partial charge in [0.1, 0.15) is 5.52 Å². The van der Waals surface area contributed by atoms with Crippen LogP contribution in [0.4, 0.5) is 11.8 Å². The van der Waals surface area contributed by atoms with Crippen LogP contribution in [0.3, 0.4) is 0 Å². The molecule has 0 aliphatic heterocycles. The lowest BCUT2D eigenvalue weighted by Gasteiger charge is -2.10. The minimum Gasteiger partial charge on any atom is -0.377 e. The Balaban J connectivity index is 2.07. The lowest BCUT2D eigenvalue weighted by atomic mass is 10.4. The van der Waals surface area contributed by atoms with Gasteiger partial charge in [0.15, 0.2) is 11.5 Å². The fourth-order valence-corrected chi connectivity index (χ4v) is 1.74. The molecule has 2 aromatic rings. The molecular weight excluding hydrogens is 256 g/mol. The van der Waals surface area contributed by atoms with Gasteiger partial charge in [0.2, 0.25) is 5.95 Å². The zero-order valence-corrected chi connectivity index (χ0v) is 12.2. The van der Waals surface area contributed by atoms with Crippen molar-refractivity contribution in [3.8, 4) is 0 Å². The highest BCUT2D eigenvalue weighted by atomic mass is 16.5. The van der Waals surface area contributed by atoms with Gasteiger partial charge in [0, 0.05) is 13.1 Å². The van der Waals surface area contributed by atoms with Crippen LogP contribution in [0, 0.1) is 0 Å². The molecule has 0 aliphatic carbocycles. The minimum atomic E-state index is 0.233. The van der Waals surface area contributed by atoms with Gasteiger partial charge in [-0.05, 0) is 20.3 Å². The molecule has 0 unspecified atom stereocenters. The topological polar surface area (TPSA) is 87.8 Å². The van der Waals surface area contributed by atoms with E-state index in [0.717, 1.165) is 24.3 Å². The predicted molar refractivity (Wildman–Crippen MR) is 80.0 cm³/mol. The summed E-state index contributed by atoms with van der Waals surface area (Å²) < 4.78 is 5.50. The first-order chi connectivity index (χ1) is 9.70. The number of H-pyrrole nitrogens is 1. The van der Waals surface area contributed by atoms with Crippen LogP contribution in [0.5, 0.6) is 0 Å². The minimum absolute atomic E-state index is 0.233. The second-order valence-electron chi connectivity index (χ2n) is 4.77. The average molecular weight is 278 g/mol. The van der Waals surface area contributed by atoms with E-state index in [-0.39, 0.29) is 6.10 Å². The molecule has 0 radical (unpaired) electrons. The van der Waals surface area contributed by atoms with Gasteiger partial charge in [0.05, 0.1) is 19.0 Å². The van der Waals surface area contributed by atoms with E-state index in [1.807, 2.05) is 13.8 Å². The Morgan fingerprint density at radius 2 is 2.10 bits per heavy atom. The van der Waals surface area contributed by atoms with Crippen LogP contribution in [0.2, 0.25) is 0 Å². The van der Waals surface area contributed by atoms with Crippen LogP contribution < -0.4 is 10.6 Å². The molecule has 110 valence electrons. The van der Waals surface area contributed by atoms with Crippen molar-refractivity contribution >= 4 is 22.9 Å². The second-order valence-corrected chi connectivity index (χ2v) is 4.77. The monoisotopic (exact) mass is 278 g/mol. The Morgan fingerprint density at radius 1 is 1.25 bits per heavy atom. The van der Waals surface area contributed by atoms with Gasteiger partial charge < -0.3 is 20.4 Å². The number of hydrogen-bond acceptors (Lipinski definition) is 6. The summed E-state index contributed by atoms with van der Waals surface area (Å²) in [4.78, 5) is 16.1. The van der Waals surface area contributed by atoms with Crippen molar-refractivity contribution < 1.29 is 4.74 Å². The van der Waals surface area contributed by atoms with E-state index in [2.05, 4.69) is 37.5 Å². The summed E-state index contributed by atoms with van der Waals surface area (Å²) in [7, 11) is 0. The maximum atomic E-state index is 5.50. The van der Waals surface area contributed by atoms with Crippen LogP contribution in [-0.4, -0.2) is 45.7 Å². The first-order valence-corrected chi connectivity index (χ1v) is 7.01. The molecule has 0 spiro atoms. The molecule has 20 heavy (non-hydrogen) atoms. The van der Waals surface area contributed by atoms with E-state index >= 15 is 0 Å². The van der Waals surface area contributed by atoms with Gasteiger partial charge in [-0.15, -0.1) is 0 Å². The van der Waals surface area contributed by atoms with E-state index in [0.29, 0.717) is 24.7 Å². The van der Waals surface area contributed by atoms with Crippen LogP contribution in [0.25, 0.3) is 11.2 Å². The Kier molecular flexibility index (Phi) is 5.11. The van der Waals surface area contributed by atoms with Gasteiger partial charge >= 0.3 is 0 Å². The molecule has 0 bridgehead atoms. The number of nitrogens with one attached hydrogen (secondary N) is 3. The lowest BCUT2D eigenvalue weighted by molar-refractivity contribution is 0.0870. The number of aromatic amines is 1. The largest absolute Gasteiger partial charge is 0.377 e. The summed E-state index contributed by atoms with van der Waals surface area (Å²) >= 11 is 0. The van der Waals surface area contributed by atoms with Crippen molar-refractivity contribution in [2.24, 2.45) is 0 Å². The smallest absolute Gasteiger partial charge is 0.226 e. The molecule has 2 rings (SSSR count). The summed E-state index contributed by atoms with van der Waals surface area (Å²) in [6.07, 6.45) is 2.88. The van der Waals surface area contributed by atoms with Gasteiger partial charge in [-0.25, -0.2) is 4.98 Å². The van der Waals surface area contributed by atoms with E-state index in [1.54, 1.807) is 6.33 Å². The van der Waals surface area contributed by atoms with Gasteiger partial charge in [0.25, 0.3) is 0 Å². The number of rotatable bonds is 8. The maximum absolute atomic E-state index is 5.50. The molecule has 3 N–H and O–H groups in total. The maximum Gasteiger partial charge on any atom is 0.226 e. The summed E-state index contributed by atoms with van der Waals surface area (Å²) in [5.41, 5.74) is 1.47. The van der Waals surface area contributed by atoms with Crippen molar-refractivity contribution in [1.82, 2.24) is 19.9 Å². The van der Waals surface area contributed by atoms with Crippen molar-refractivity contribution in [2.45, 2.75) is 33.3 Å². The molecule has 2 heterocycles. The lowest BCUT2D eigenvalue weighted by Crippen LogP contribution is -2.15. The normalized spacial score (nSPS) is 11.2. The molecule has 0 fully saturated rings. The molecule has 0 atom stereocenters. The number of nitrogens with zero attached hydrogens (tertiary/aromatic N) is 3. The fourth-order valence-electron chi connectivity index (χ4n) is 1.74. The number of ether oxygens (including phenoxy) is 1. The Labute approximate surface area is 118 Å². The Morgan fingerprint density at radius 3 is 2.85 bits per heavy atom. The molecule has 0 aromatic carbocycles. The first-order valence-electron chi connectivity index (χ1n) is 7.01. The standard InChI is InChI=1S/C13H22N6O/c1-4-5-15-13-18-11(14-6-7-20-9(2)3)10-12(19-13)17-8-16-10/h8-9H,4-7H2,1-3H3,(H3,14,15,16,17,18,19). The molecule has 2 aromatic heterocycles. The summed E-state index contributed by atoms with van der Waals surface area (Å²) in [6.45, 7) is 8.30. The van der Waals surface area contributed by atoms with Gasteiger partial charge in [-0.2, -0.15) is 9.97 Å². The first kappa shape index (κ1) is 14.5.